The summed E-state index contributed by atoms with van der Waals surface area (Å²) in [5.74, 6) is 2.51. The third kappa shape index (κ3) is 1.71. The SMILES string of the molecule is NCC1(NC2CC2)CCSC1. The van der Waals surface area contributed by atoms with Crippen molar-refractivity contribution in [3.63, 3.8) is 0 Å². The van der Waals surface area contributed by atoms with Crippen LogP contribution in [0.25, 0.3) is 0 Å². The second kappa shape index (κ2) is 2.96. The van der Waals surface area contributed by atoms with Crippen LogP contribution in [0.4, 0.5) is 0 Å². The molecule has 0 aromatic rings. The number of nitrogens with one attached hydrogen (secondary N) is 1. The molecular formula is C8H16N2S. The molecule has 0 aromatic heterocycles. The minimum atomic E-state index is 0.311. The molecule has 0 aromatic carbocycles. The Hall–Kier alpha value is 0.270. The van der Waals surface area contributed by atoms with Gasteiger partial charge in [-0.25, -0.2) is 0 Å². The first-order chi connectivity index (χ1) is 5.35. The van der Waals surface area contributed by atoms with E-state index < -0.39 is 0 Å². The van der Waals surface area contributed by atoms with Crippen molar-refractivity contribution in [3.8, 4) is 0 Å². The van der Waals surface area contributed by atoms with Gasteiger partial charge in [0.2, 0.25) is 0 Å². The summed E-state index contributed by atoms with van der Waals surface area (Å²) < 4.78 is 0. The first-order valence-corrected chi connectivity index (χ1v) is 5.56. The van der Waals surface area contributed by atoms with E-state index in [-0.39, 0.29) is 0 Å². The highest BCUT2D eigenvalue weighted by atomic mass is 32.2. The minimum Gasteiger partial charge on any atom is -0.329 e. The fraction of sp³-hybridized carbons (Fsp3) is 1.00. The van der Waals surface area contributed by atoms with E-state index in [1.165, 1.54) is 30.8 Å². The summed E-state index contributed by atoms with van der Waals surface area (Å²) in [5, 5.41) is 3.67. The average molecular weight is 172 g/mol. The van der Waals surface area contributed by atoms with Crippen LogP contribution >= 0.6 is 11.8 Å². The molecule has 1 saturated carbocycles. The molecule has 1 aliphatic carbocycles. The third-order valence-electron chi connectivity index (χ3n) is 2.58. The molecule has 1 atom stereocenters. The normalized spacial score (nSPS) is 37.9. The van der Waals surface area contributed by atoms with Crippen LogP contribution in [0, 0.1) is 0 Å². The van der Waals surface area contributed by atoms with Gasteiger partial charge in [0.1, 0.15) is 0 Å². The number of hydrogen-bond donors (Lipinski definition) is 2. The molecule has 3 N–H and O–H groups in total. The van der Waals surface area contributed by atoms with Gasteiger partial charge in [-0.15, -0.1) is 0 Å². The molecule has 64 valence electrons. The maximum absolute atomic E-state index is 5.77. The topological polar surface area (TPSA) is 38.0 Å². The van der Waals surface area contributed by atoms with E-state index in [4.69, 9.17) is 5.73 Å². The van der Waals surface area contributed by atoms with E-state index in [9.17, 15) is 0 Å². The summed E-state index contributed by atoms with van der Waals surface area (Å²) in [7, 11) is 0. The Morgan fingerprint density at radius 1 is 1.55 bits per heavy atom. The van der Waals surface area contributed by atoms with Gasteiger partial charge in [-0.2, -0.15) is 11.8 Å². The van der Waals surface area contributed by atoms with Crippen LogP contribution in [-0.4, -0.2) is 29.6 Å². The van der Waals surface area contributed by atoms with Crippen molar-refractivity contribution in [2.75, 3.05) is 18.1 Å². The van der Waals surface area contributed by atoms with Gasteiger partial charge in [-0.1, -0.05) is 0 Å². The summed E-state index contributed by atoms with van der Waals surface area (Å²) in [6, 6.07) is 0.803. The lowest BCUT2D eigenvalue weighted by Crippen LogP contribution is -2.52. The van der Waals surface area contributed by atoms with Gasteiger partial charge < -0.3 is 11.1 Å². The van der Waals surface area contributed by atoms with Crippen LogP contribution in [0.2, 0.25) is 0 Å². The molecule has 0 radical (unpaired) electrons. The molecule has 1 saturated heterocycles. The number of hydrogen-bond acceptors (Lipinski definition) is 3. The summed E-state index contributed by atoms with van der Waals surface area (Å²) >= 11 is 2.03. The van der Waals surface area contributed by atoms with Crippen molar-refractivity contribution in [3.05, 3.63) is 0 Å². The Morgan fingerprint density at radius 2 is 2.36 bits per heavy atom. The first-order valence-electron chi connectivity index (χ1n) is 4.40. The van der Waals surface area contributed by atoms with Gasteiger partial charge >= 0.3 is 0 Å². The molecule has 2 aliphatic rings. The van der Waals surface area contributed by atoms with Crippen LogP contribution in [0.15, 0.2) is 0 Å². The molecule has 2 nitrogen and oxygen atoms in total. The van der Waals surface area contributed by atoms with Crippen LogP contribution in [0.5, 0.6) is 0 Å². The molecule has 1 unspecified atom stereocenters. The summed E-state index contributed by atoms with van der Waals surface area (Å²) in [4.78, 5) is 0. The molecule has 0 spiro atoms. The first kappa shape index (κ1) is 7.90. The second-order valence-corrected chi connectivity index (χ2v) is 4.81. The van der Waals surface area contributed by atoms with E-state index in [2.05, 4.69) is 5.32 Å². The lowest BCUT2D eigenvalue weighted by Gasteiger charge is -2.27. The zero-order valence-corrected chi connectivity index (χ0v) is 7.62. The largest absolute Gasteiger partial charge is 0.329 e. The van der Waals surface area contributed by atoms with Gasteiger partial charge in [-0.05, 0) is 25.0 Å². The maximum Gasteiger partial charge on any atom is 0.0405 e. The molecule has 1 aliphatic heterocycles. The molecule has 2 rings (SSSR count). The van der Waals surface area contributed by atoms with E-state index >= 15 is 0 Å². The lowest BCUT2D eigenvalue weighted by molar-refractivity contribution is 0.370. The van der Waals surface area contributed by atoms with Crippen molar-refractivity contribution >= 4 is 11.8 Å². The Balaban J connectivity index is 1.91. The second-order valence-electron chi connectivity index (χ2n) is 3.71. The quantitative estimate of drug-likeness (QED) is 0.654. The highest BCUT2D eigenvalue weighted by Crippen LogP contribution is 2.31. The van der Waals surface area contributed by atoms with Crippen LogP contribution in [0.1, 0.15) is 19.3 Å². The molecule has 11 heavy (non-hydrogen) atoms. The van der Waals surface area contributed by atoms with Crippen molar-refractivity contribution in [1.29, 1.82) is 0 Å². The summed E-state index contributed by atoms with van der Waals surface area (Å²) in [6.07, 6.45) is 4.00. The van der Waals surface area contributed by atoms with E-state index in [1.807, 2.05) is 11.8 Å². The monoisotopic (exact) mass is 172 g/mol. The van der Waals surface area contributed by atoms with Crippen molar-refractivity contribution < 1.29 is 0 Å². The van der Waals surface area contributed by atoms with Crippen molar-refractivity contribution in [1.82, 2.24) is 5.32 Å². The Bertz CT molecular complexity index is 139. The van der Waals surface area contributed by atoms with E-state index in [1.54, 1.807) is 0 Å². The Kier molecular flexibility index (Phi) is 2.12. The average Bonchev–Trinajstić information content (AvgIpc) is 2.68. The Morgan fingerprint density at radius 3 is 2.82 bits per heavy atom. The zero-order chi connectivity index (χ0) is 7.73. The minimum absolute atomic E-state index is 0.311. The molecule has 0 amide bonds. The van der Waals surface area contributed by atoms with Crippen molar-refractivity contribution in [2.24, 2.45) is 5.73 Å². The summed E-state index contributed by atoms with van der Waals surface area (Å²) in [5.41, 5.74) is 6.08. The van der Waals surface area contributed by atoms with Gasteiger partial charge in [-0.3, -0.25) is 0 Å². The van der Waals surface area contributed by atoms with Crippen molar-refractivity contribution in [2.45, 2.75) is 30.8 Å². The molecule has 3 heteroatoms. The zero-order valence-electron chi connectivity index (χ0n) is 6.81. The van der Waals surface area contributed by atoms with Gasteiger partial charge in [0.25, 0.3) is 0 Å². The fourth-order valence-electron chi connectivity index (χ4n) is 1.60. The molecule has 0 bridgehead atoms. The van der Waals surface area contributed by atoms with E-state index in [0.717, 1.165) is 12.6 Å². The van der Waals surface area contributed by atoms with Crippen LogP contribution in [-0.2, 0) is 0 Å². The van der Waals surface area contributed by atoms with Gasteiger partial charge in [0.05, 0.1) is 0 Å². The number of thioether (sulfide) groups is 1. The predicted molar refractivity (Wildman–Crippen MR) is 49.9 cm³/mol. The molecule has 2 fully saturated rings. The third-order valence-corrected chi connectivity index (χ3v) is 3.83. The number of nitrogens with two attached hydrogens (primary N) is 1. The van der Waals surface area contributed by atoms with Crippen LogP contribution < -0.4 is 11.1 Å². The highest BCUT2D eigenvalue weighted by Gasteiger charge is 2.37. The highest BCUT2D eigenvalue weighted by molar-refractivity contribution is 7.99. The Labute approximate surface area is 72.3 Å². The van der Waals surface area contributed by atoms with Gasteiger partial charge in [0.15, 0.2) is 0 Å². The standard InChI is InChI=1S/C8H16N2S/c9-5-8(3-4-11-6-8)10-7-1-2-7/h7,10H,1-6,9H2. The molecule has 1 heterocycles. The molecular weight excluding hydrogens is 156 g/mol. The van der Waals surface area contributed by atoms with Gasteiger partial charge in [0, 0.05) is 23.9 Å². The summed E-state index contributed by atoms with van der Waals surface area (Å²) in [6.45, 7) is 0.816. The smallest absolute Gasteiger partial charge is 0.0405 e. The van der Waals surface area contributed by atoms with E-state index in [0.29, 0.717) is 5.54 Å². The predicted octanol–water partition coefficient (Wildman–Crippen LogP) is 0.573. The lowest BCUT2D eigenvalue weighted by atomic mass is 9.99. The maximum atomic E-state index is 5.77. The van der Waals surface area contributed by atoms with Crippen LogP contribution in [0.3, 0.4) is 0 Å². The number of rotatable bonds is 3. The fourth-order valence-corrected chi connectivity index (χ4v) is 3.02.